The molecule has 0 radical (unpaired) electrons. The van der Waals surface area contributed by atoms with Gasteiger partial charge in [0.15, 0.2) is 0 Å². The van der Waals surface area contributed by atoms with Crippen LogP contribution in [0.2, 0.25) is 0 Å². The SMILES string of the molecule is CN(Cc1ccccc1)C(=O)CNc1cccc(NC(=O)C(C)(C)C)c1. The number of carbonyl (C=O) groups is 2. The Balaban J connectivity index is 1.89. The van der Waals surface area contributed by atoms with Crippen LogP contribution in [0, 0.1) is 5.41 Å². The van der Waals surface area contributed by atoms with Crippen molar-refractivity contribution in [2.75, 3.05) is 24.2 Å². The number of hydrogen-bond donors (Lipinski definition) is 2. The van der Waals surface area contributed by atoms with Crippen LogP contribution >= 0.6 is 0 Å². The van der Waals surface area contributed by atoms with Gasteiger partial charge in [0.05, 0.1) is 6.54 Å². The summed E-state index contributed by atoms with van der Waals surface area (Å²) in [5.41, 5.74) is 2.13. The Hall–Kier alpha value is -2.82. The number of nitrogens with zero attached hydrogens (tertiary/aromatic N) is 1. The van der Waals surface area contributed by atoms with Crippen molar-refractivity contribution in [1.82, 2.24) is 4.90 Å². The number of nitrogens with one attached hydrogen (secondary N) is 2. The molecule has 0 aliphatic rings. The number of amides is 2. The molecule has 0 atom stereocenters. The molecule has 0 aromatic heterocycles. The Morgan fingerprint density at radius 3 is 2.27 bits per heavy atom. The average molecular weight is 353 g/mol. The number of rotatable bonds is 6. The second-order valence-corrected chi connectivity index (χ2v) is 7.37. The van der Waals surface area contributed by atoms with Gasteiger partial charge in [0, 0.05) is 30.4 Å². The summed E-state index contributed by atoms with van der Waals surface area (Å²) in [5.74, 6) is -0.0497. The summed E-state index contributed by atoms with van der Waals surface area (Å²) >= 11 is 0. The topological polar surface area (TPSA) is 61.4 Å². The molecular weight excluding hydrogens is 326 g/mol. The van der Waals surface area contributed by atoms with Crippen LogP contribution in [0.5, 0.6) is 0 Å². The van der Waals surface area contributed by atoms with E-state index in [1.165, 1.54) is 0 Å². The summed E-state index contributed by atoms with van der Waals surface area (Å²) in [6, 6.07) is 17.3. The van der Waals surface area contributed by atoms with E-state index in [0.29, 0.717) is 12.2 Å². The lowest BCUT2D eigenvalue weighted by Crippen LogP contribution is -2.31. The molecule has 0 aliphatic carbocycles. The minimum absolute atomic E-state index is 0.00187. The second-order valence-electron chi connectivity index (χ2n) is 7.37. The monoisotopic (exact) mass is 353 g/mol. The summed E-state index contributed by atoms with van der Waals surface area (Å²) in [7, 11) is 1.79. The second kappa shape index (κ2) is 8.52. The Morgan fingerprint density at radius 1 is 0.962 bits per heavy atom. The van der Waals surface area contributed by atoms with Gasteiger partial charge in [-0.3, -0.25) is 9.59 Å². The van der Waals surface area contributed by atoms with Gasteiger partial charge in [0.25, 0.3) is 0 Å². The molecule has 5 heteroatoms. The Morgan fingerprint density at radius 2 is 1.62 bits per heavy atom. The smallest absolute Gasteiger partial charge is 0.241 e. The lowest BCUT2D eigenvalue weighted by atomic mass is 9.95. The number of carbonyl (C=O) groups excluding carboxylic acids is 2. The number of anilines is 2. The molecule has 2 aromatic rings. The van der Waals surface area contributed by atoms with Crippen molar-refractivity contribution >= 4 is 23.2 Å². The highest BCUT2D eigenvalue weighted by Gasteiger charge is 2.21. The normalized spacial score (nSPS) is 10.9. The first kappa shape index (κ1) is 19.5. The molecule has 2 amide bonds. The Bertz CT molecular complexity index is 751. The first-order chi connectivity index (χ1) is 12.3. The van der Waals surface area contributed by atoms with Crippen molar-refractivity contribution in [2.45, 2.75) is 27.3 Å². The molecule has 2 rings (SSSR count). The van der Waals surface area contributed by atoms with E-state index in [2.05, 4.69) is 10.6 Å². The fourth-order valence-corrected chi connectivity index (χ4v) is 2.28. The van der Waals surface area contributed by atoms with Crippen LogP contribution in [0.15, 0.2) is 54.6 Å². The molecule has 2 N–H and O–H groups in total. The summed E-state index contributed by atoms with van der Waals surface area (Å²) < 4.78 is 0. The molecule has 0 bridgehead atoms. The fraction of sp³-hybridized carbons (Fsp3) is 0.333. The summed E-state index contributed by atoms with van der Waals surface area (Å²) in [6.45, 7) is 6.37. The molecule has 5 nitrogen and oxygen atoms in total. The maximum absolute atomic E-state index is 12.3. The first-order valence-corrected chi connectivity index (χ1v) is 8.69. The van der Waals surface area contributed by atoms with Crippen LogP contribution in [0.1, 0.15) is 26.3 Å². The van der Waals surface area contributed by atoms with Crippen LogP contribution in [-0.4, -0.2) is 30.3 Å². The van der Waals surface area contributed by atoms with Crippen molar-refractivity contribution in [1.29, 1.82) is 0 Å². The minimum atomic E-state index is -0.459. The van der Waals surface area contributed by atoms with Gasteiger partial charge in [-0.1, -0.05) is 57.2 Å². The molecule has 0 saturated heterocycles. The zero-order valence-electron chi connectivity index (χ0n) is 15.9. The van der Waals surface area contributed by atoms with E-state index in [0.717, 1.165) is 11.3 Å². The third-order valence-corrected chi connectivity index (χ3v) is 3.93. The first-order valence-electron chi connectivity index (χ1n) is 8.69. The number of likely N-dealkylation sites (N-methyl/N-ethyl adjacent to an activating group) is 1. The Kier molecular flexibility index (Phi) is 6.39. The Labute approximate surface area is 155 Å². The minimum Gasteiger partial charge on any atom is -0.376 e. The van der Waals surface area contributed by atoms with Gasteiger partial charge in [-0.2, -0.15) is 0 Å². The largest absolute Gasteiger partial charge is 0.376 e. The predicted octanol–water partition coefficient (Wildman–Crippen LogP) is 3.74. The van der Waals surface area contributed by atoms with Crippen LogP contribution < -0.4 is 10.6 Å². The van der Waals surface area contributed by atoms with Crippen molar-refractivity contribution in [3.05, 3.63) is 60.2 Å². The van der Waals surface area contributed by atoms with Gasteiger partial charge >= 0.3 is 0 Å². The van der Waals surface area contributed by atoms with Crippen LogP contribution in [-0.2, 0) is 16.1 Å². The highest BCUT2D eigenvalue weighted by atomic mass is 16.2. The predicted molar refractivity (Wildman–Crippen MR) is 106 cm³/mol. The van der Waals surface area contributed by atoms with E-state index in [9.17, 15) is 9.59 Å². The van der Waals surface area contributed by atoms with Gasteiger partial charge in [0.2, 0.25) is 11.8 Å². The number of hydrogen-bond acceptors (Lipinski definition) is 3. The quantitative estimate of drug-likeness (QED) is 0.831. The lowest BCUT2D eigenvalue weighted by Gasteiger charge is -2.19. The maximum atomic E-state index is 12.3. The average Bonchev–Trinajstić information content (AvgIpc) is 2.60. The van der Waals surface area contributed by atoms with Crippen LogP contribution in [0.3, 0.4) is 0 Å². The van der Waals surface area contributed by atoms with Gasteiger partial charge in [-0.15, -0.1) is 0 Å². The molecule has 0 spiro atoms. The van der Waals surface area contributed by atoms with Crippen molar-refractivity contribution in [3.8, 4) is 0 Å². The molecule has 0 aliphatic heterocycles. The number of benzene rings is 2. The van der Waals surface area contributed by atoms with Crippen molar-refractivity contribution in [2.24, 2.45) is 5.41 Å². The van der Waals surface area contributed by atoms with E-state index in [-0.39, 0.29) is 18.4 Å². The summed E-state index contributed by atoms with van der Waals surface area (Å²) in [4.78, 5) is 26.1. The van der Waals surface area contributed by atoms with Crippen LogP contribution in [0.4, 0.5) is 11.4 Å². The van der Waals surface area contributed by atoms with Crippen molar-refractivity contribution < 1.29 is 9.59 Å². The summed E-state index contributed by atoms with van der Waals surface area (Å²) in [6.07, 6.45) is 0. The molecule has 0 unspecified atom stereocenters. The molecule has 26 heavy (non-hydrogen) atoms. The maximum Gasteiger partial charge on any atom is 0.241 e. The molecule has 0 saturated carbocycles. The zero-order chi connectivity index (χ0) is 19.2. The van der Waals surface area contributed by atoms with Gasteiger partial charge in [-0.25, -0.2) is 0 Å². The third-order valence-electron chi connectivity index (χ3n) is 3.93. The molecule has 0 fully saturated rings. The molecular formula is C21H27N3O2. The van der Waals surface area contributed by atoms with Gasteiger partial charge in [0.1, 0.15) is 0 Å². The molecule has 0 heterocycles. The highest BCUT2D eigenvalue weighted by Crippen LogP contribution is 2.20. The lowest BCUT2D eigenvalue weighted by molar-refractivity contribution is -0.128. The zero-order valence-corrected chi connectivity index (χ0v) is 15.9. The van der Waals surface area contributed by atoms with E-state index >= 15 is 0 Å². The van der Waals surface area contributed by atoms with E-state index in [1.807, 2.05) is 75.4 Å². The van der Waals surface area contributed by atoms with Crippen LogP contribution in [0.25, 0.3) is 0 Å². The van der Waals surface area contributed by atoms with Gasteiger partial charge < -0.3 is 15.5 Å². The van der Waals surface area contributed by atoms with E-state index in [1.54, 1.807) is 11.9 Å². The standard InChI is InChI=1S/C21H27N3O2/c1-21(2,3)20(26)23-18-12-8-11-17(13-18)22-14-19(25)24(4)15-16-9-6-5-7-10-16/h5-13,22H,14-15H2,1-4H3,(H,23,26). The van der Waals surface area contributed by atoms with Crippen molar-refractivity contribution in [3.63, 3.8) is 0 Å². The third kappa shape index (κ3) is 5.92. The van der Waals surface area contributed by atoms with E-state index < -0.39 is 5.41 Å². The molecule has 2 aromatic carbocycles. The van der Waals surface area contributed by atoms with Gasteiger partial charge in [-0.05, 0) is 23.8 Å². The molecule has 138 valence electrons. The fourth-order valence-electron chi connectivity index (χ4n) is 2.28. The van der Waals surface area contributed by atoms with E-state index in [4.69, 9.17) is 0 Å². The highest BCUT2D eigenvalue weighted by molar-refractivity contribution is 5.95. The summed E-state index contributed by atoms with van der Waals surface area (Å²) in [5, 5.41) is 6.01.